The molecule has 9 nitrogen and oxygen atoms in total. The molecule has 1 aliphatic rings. The highest BCUT2D eigenvalue weighted by atomic mass is 16.7. The molecule has 1 unspecified atom stereocenters. The molecule has 142 valence electrons. The SMILES string of the molecule is CCC1O[C@H](COC(C)=O)[C@@H](OC(C)=O)[C@H](OC(C)=O)[C@H]1OC(C)=O. The summed E-state index contributed by atoms with van der Waals surface area (Å²) in [6, 6.07) is 0. The van der Waals surface area contributed by atoms with Crippen LogP contribution in [0.2, 0.25) is 0 Å². The van der Waals surface area contributed by atoms with Crippen molar-refractivity contribution in [3.8, 4) is 0 Å². The van der Waals surface area contributed by atoms with Gasteiger partial charge in [-0.1, -0.05) is 6.92 Å². The van der Waals surface area contributed by atoms with E-state index >= 15 is 0 Å². The summed E-state index contributed by atoms with van der Waals surface area (Å²) in [7, 11) is 0. The van der Waals surface area contributed by atoms with Gasteiger partial charge in [-0.25, -0.2) is 0 Å². The fraction of sp³-hybridized carbons (Fsp3) is 0.750. The minimum absolute atomic E-state index is 0.200. The summed E-state index contributed by atoms with van der Waals surface area (Å²) < 4.78 is 26.5. The number of hydrogen-bond acceptors (Lipinski definition) is 9. The van der Waals surface area contributed by atoms with Crippen molar-refractivity contribution in [3.63, 3.8) is 0 Å². The Bertz CT molecular complexity index is 516. The van der Waals surface area contributed by atoms with E-state index in [1.807, 2.05) is 0 Å². The molecular formula is C16H24O9. The second-order valence-corrected chi connectivity index (χ2v) is 5.65. The Morgan fingerprint density at radius 2 is 1.16 bits per heavy atom. The fourth-order valence-corrected chi connectivity index (χ4v) is 2.65. The summed E-state index contributed by atoms with van der Waals surface area (Å²) in [5.41, 5.74) is 0. The van der Waals surface area contributed by atoms with Gasteiger partial charge in [-0.15, -0.1) is 0 Å². The van der Waals surface area contributed by atoms with E-state index in [2.05, 4.69) is 0 Å². The predicted molar refractivity (Wildman–Crippen MR) is 82.2 cm³/mol. The third kappa shape index (κ3) is 6.33. The summed E-state index contributed by atoms with van der Waals surface area (Å²) in [5.74, 6) is -2.41. The maximum atomic E-state index is 11.5. The van der Waals surface area contributed by atoms with Crippen LogP contribution in [0.1, 0.15) is 41.0 Å². The largest absolute Gasteiger partial charge is 0.463 e. The molecule has 0 radical (unpaired) electrons. The fourth-order valence-electron chi connectivity index (χ4n) is 2.65. The number of hydrogen-bond donors (Lipinski definition) is 0. The second kappa shape index (κ2) is 9.36. The first kappa shape index (κ1) is 20.9. The van der Waals surface area contributed by atoms with Gasteiger partial charge in [0.1, 0.15) is 12.7 Å². The summed E-state index contributed by atoms with van der Waals surface area (Å²) >= 11 is 0. The van der Waals surface area contributed by atoms with Crippen LogP contribution in [0.4, 0.5) is 0 Å². The monoisotopic (exact) mass is 360 g/mol. The zero-order valence-corrected chi connectivity index (χ0v) is 15.0. The molecule has 1 heterocycles. The van der Waals surface area contributed by atoms with Crippen LogP contribution in [-0.4, -0.2) is 61.0 Å². The lowest BCUT2D eigenvalue weighted by Crippen LogP contribution is -2.62. The topological polar surface area (TPSA) is 114 Å². The van der Waals surface area contributed by atoms with Crippen LogP contribution < -0.4 is 0 Å². The molecule has 0 amide bonds. The van der Waals surface area contributed by atoms with Crippen LogP contribution in [0.5, 0.6) is 0 Å². The smallest absolute Gasteiger partial charge is 0.303 e. The van der Waals surface area contributed by atoms with Crippen molar-refractivity contribution >= 4 is 23.9 Å². The van der Waals surface area contributed by atoms with Gasteiger partial charge in [-0.05, 0) is 6.42 Å². The highest BCUT2D eigenvalue weighted by Crippen LogP contribution is 2.30. The van der Waals surface area contributed by atoms with Crippen molar-refractivity contribution in [3.05, 3.63) is 0 Å². The normalized spacial score (nSPS) is 28.6. The van der Waals surface area contributed by atoms with E-state index in [-0.39, 0.29) is 6.61 Å². The summed E-state index contributed by atoms with van der Waals surface area (Å²) in [4.78, 5) is 45.5. The summed E-state index contributed by atoms with van der Waals surface area (Å²) in [6.45, 7) is 6.40. The van der Waals surface area contributed by atoms with Crippen LogP contribution in [0.25, 0.3) is 0 Å². The molecule has 0 aromatic carbocycles. The molecule has 0 aromatic heterocycles. The molecule has 1 fully saturated rings. The van der Waals surface area contributed by atoms with Crippen molar-refractivity contribution < 1.29 is 42.9 Å². The lowest BCUT2D eigenvalue weighted by atomic mass is 9.93. The molecule has 5 atom stereocenters. The molecule has 0 aromatic rings. The lowest BCUT2D eigenvalue weighted by molar-refractivity contribution is -0.252. The number of carbonyl (C=O) groups excluding carboxylic acids is 4. The molecule has 0 aliphatic carbocycles. The van der Waals surface area contributed by atoms with Crippen LogP contribution in [0.3, 0.4) is 0 Å². The Balaban J connectivity index is 3.18. The molecular weight excluding hydrogens is 336 g/mol. The molecule has 25 heavy (non-hydrogen) atoms. The number of ether oxygens (including phenoxy) is 5. The van der Waals surface area contributed by atoms with Crippen molar-refractivity contribution in [1.29, 1.82) is 0 Å². The van der Waals surface area contributed by atoms with Gasteiger partial charge in [0.05, 0.1) is 6.10 Å². The van der Waals surface area contributed by atoms with E-state index in [0.717, 1.165) is 0 Å². The molecule has 1 saturated heterocycles. The summed E-state index contributed by atoms with van der Waals surface area (Å²) in [6.07, 6.45) is -4.18. The van der Waals surface area contributed by atoms with E-state index in [9.17, 15) is 19.2 Å². The number of carbonyl (C=O) groups is 4. The highest BCUT2D eigenvalue weighted by molar-refractivity contribution is 5.68. The third-order valence-electron chi connectivity index (χ3n) is 3.49. The predicted octanol–water partition coefficient (Wildman–Crippen LogP) is 0.522. The molecule has 0 saturated carbocycles. The van der Waals surface area contributed by atoms with Gasteiger partial charge in [0.25, 0.3) is 0 Å². The average molecular weight is 360 g/mol. The first-order valence-corrected chi connectivity index (χ1v) is 7.96. The van der Waals surface area contributed by atoms with Crippen molar-refractivity contribution in [1.82, 2.24) is 0 Å². The van der Waals surface area contributed by atoms with Gasteiger partial charge in [-0.3, -0.25) is 19.2 Å². The molecule has 9 heteroatoms. The minimum Gasteiger partial charge on any atom is -0.463 e. The number of esters is 4. The maximum Gasteiger partial charge on any atom is 0.303 e. The van der Waals surface area contributed by atoms with E-state index < -0.39 is 54.4 Å². The Morgan fingerprint density at radius 3 is 1.56 bits per heavy atom. The molecule has 1 rings (SSSR count). The van der Waals surface area contributed by atoms with Gasteiger partial charge in [-0.2, -0.15) is 0 Å². The van der Waals surface area contributed by atoms with Crippen LogP contribution >= 0.6 is 0 Å². The van der Waals surface area contributed by atoms with E-state index in [0.29, 0.717) is 6.42 Å². The third-order valence-corrected chi connectivity index (χ3v) is 3.49. The molecule has 0 spiro atoms. The second-order valence-electron chi connectivity index (χ2n) is 5.65. The maximum absolute atomic E-state index is 11.5. The van der Waals surface area contributed by atoms with Gasteiger partial charge >= 0.3 is 23.9 Å². The first-order chi connectivity index (χ1) is 11.6. The molecule has 0 bridgehead atoms. The first-order valence-electron chi connectivity index (χ1n) is 7.96. The van der Waals surface area contributed by atoms with Gasteiger partial charge < -0.3 is 23.7 Å². The Hall–Kier alpha value is -2.16. The van der Waals surface area contributed by atoms with Crippen LogP contribution in [0.15, 0.2) is 0 Å². The van der Waals surface area contributed by atoms with E-state index in [4.69, 9.17) is 23.7 Å². The Labute approximate surface area is 145 Å². The molecule has 0 N–H and O–H groups in total. The average Bonchev–Trinajstić information content (AvgIpc) is 2.48. The highest BCUT2D eigenvalue weighted by Gasteiger charge is 2.51. The number of rotatable bonds is 6. The van der Waals surface area contributed by atoms with Crippen molar-refractivity contribution in [2.24, 2.45) is 0 Å². The quantitative estimate of drug-likeness (QED) is 0.494. The lowest BCUT2D eigenvalue weighted by Gasteiger charge is -2.44. The van der Waals surface area contributed by atoms with E-state index in [1.54, 1.807) is 6.92 Å². The standard InChI is InChI=1S/C16H24O9/c1-6-12-14(22-9(3)18)16(24-11(5)20)15(23-10(4)19)13(25-12)7-21-8(2)17/h12-16H,6-7H2,1-5H3/t12?,13-,14+,15-,16-/m1/s1. The van der Waals surface area contributed by atoms with Crippen molar-refractivity contribution in [2.45, 2.75) is 71.6 Å². The molecule has 1 aliphatic heterocycles. The zero-order chi connectivity index (χ0) is 19.1. The van der Waals surface area contributed by atoms with Gasteiger partial charge in [0.2, 0.25) is 0 Å². The Morgan fingerprint density at radius 1 is 0.720 bits per heavy atom. The van der Waals surface area contributed by atoms with Gasteiger partial charge in [0.15, 0.2) is 18.3 Å². The van der Waals surface area contributed by atoms with Crippen molar-refractivity contribution in [2.75, 3.05) is 6.61 Å². The zero-order valence-electron chi connectivity index (χ0n) is 15.0. The van der Waals surface area contributed by atoms with Crippen LogP contribution in [0, 0.1) is 0 Å². The van der Waals surface area contributed by atoms with E-state index in [1.165, 1.54) is 27.7 Å². The van der Waals surface area contributed by atoms with Gasteiger partial charge in [0, 0.05) is 27.7 Å². The Kier molecular flexibility index (Phi) is 7.82. The summed E-state index contributed by atoms with van der Waals surface area (Å²) in [5, 5.41) is 0. The minimum atomic E-state index is -1.09. The van der Waals surface area contributed by atoms with Crippen LogP contribution in [-0.2, 0) is 42.9 Å².